The van der Waals surface area contributed by atoms with E-state index >= 15 is 0 Å². The number of hydrogen-bond donors (Lipinski definition) is 1. The van der Waals surface area contributed by atoms with Crippen LogP contribution in [0.15, 0.2) is 6.20 Å². The second-order valence-electron chi connectivity index (χ2n) is 2.58. The first-order valence-electron chi connectivity index (χ1n) is 3.56. The van der Waals surface area contributed by atoms with E-state index in [1.165, 1.54) is 0 Å². The van der Waals surface area contributed by atoms with Crippen molar-refractivity contribution >= 4 is 0 Å². The lowest BCUT2D eigenvalue weighted by Gasteiger charge is -2.16. The summed E-state index contributed by atoms with van der Waals surface area (Å²) in [5.74, 6) is 0.432. The van der Waals surface area contributed by atoms with E-state index in [0.29, 0.717) is 5.82 Å². The fraction of sp³-hybridized carbons (Fsp3) is 0.571. The molecular formula is C7H9F3N2O. The largest absolute Gasteiger partial charge is 0.420 e. The Balaban J connectivity index is 2.91. The second kappa shape index (κ2) is 3.37. The van der Waals surface area contributed by atoms with Gasteiger partial charge < -0.3 is 9.72 Å². The van der Waals surface area contributed by atoms with E-state index in [1.54, 1.807) is 6.92 Å². The summed E-state index contributed by atoms with van der Waals surface area (Å²) in [4.78, 5) is 6.14. The van der Waals surface area contributed by atoms with Gasteiger partial charge in [0.1, 0.15) is 5.82 Å². The SMILES string of the molecule is COC(c1cnc(C)[nH]1)C(F)(F)F. The van der Waals surface area contributed by atoms with Crippen LogP contribution in [-0.2, 0) is 4.74 Å². The van der Waals surface area contributed by atoms with E-state index in [4.69, 9.17) is 0 Å². The van der Waals surface area contributed by atoms with Gasteiger partial charge in [0.25, 0.3) is 0 Å². The number of aromatic amines is 1. The van der Waals surface area contributed by atoms with Crippen molar-refractivity contribution in [2.75, 3.05) is 7.11 Å². The monoisotopic (exact) mass is 194 g/mol. The summed E-state index contributed by atoms with van der Waals surface area (Å²) < 4.78 is 41.0. The van der Waals surface area contributed by atoms with Gasteiger partial charge >= 0.3 is 6.18 Å². The maximum Gasteiger partial charge on any atom is 0.420 e. The molecule has 0 bridgehead atoms. The van der Waals surface area contributed by atoms with Crippen molar-refractivity contribution < 1.29 is 17.9 Å². The van der Waals surface area contributed by atoms with Crippen molar-refractivity contribution in [3.05, 3.63) is 17.7 Å². The van der Waals surface area contributed by atoms with Crippen LogP contribution in [0.3, 0.4) is 0 Å². The van der Waals surface area contributed by atoms with Crippen LogP contribution in [0.2, 0.25) is 0 Å². The van der Waals surface area contributed by atoms with Crippen molar-refractivity contribution in [2.24, 2.45) is 0 Å². The minimum absolute atomic E-state index is 0.0764. The fourth-order valence-electron chi connectivity index (χ4n) is 1.01. The van der Waals surface area contributed by atoms with E-state index in [9.17, 15) is 13.2 Å². The quantitative estimate of drug-likeness (QED) is 0.781. The molecule has 0 saturated carbocycles. The third-order valence-corrected chi connectivity index (χ3v) is 1.54. The average Bonchev–Trinajstić information content (AvgIpc) is 2.34. The van der Waals surface area contributed by atoms with Gasteiger partial charge in [0.05, 0.1) is 11.9 Å². The van der Waals surface area contributed by atoms with Crippen molar-refractivity contribution in [2.45, 2.75) is 19.2 Å². The molecular weight excluding hydrogens is 185 g/mol. The Bertz CT molecular complexity index is 282. The zero-order chi connectivity index (χ0) is 10.1. The van der Waals surface area contributed by atoms with Crippen LogP contribution in [0.25, 0.3) is 0 Å². The topological polar surface area (TPSA) is 37.9 Å². The van der Waals surface area contributed by atoms with E-state index in [2.05, 4.69) is 14.7 Å². The number of aryl methyl sites for hydroxylation is 1. The van der Waals surface area contributed by atoms with Crippen LogP contribution in [0, 0.1) is 6.92 Å². The summed E-state index contributed by atoms with van der Waals surface area (Å²) in [6.07, 6.45) is -5.21. The van der Waals surface area contributed by atoms with Crippen LogP contribution in [-0.4, -0.2) is 23.3 Å². The second-order valence-corrected chi connectivity index (χ2v) is 2.58. The molecule has 74 valence electrons. The Kier molecular flexibility index (Phi) is 2.60. The van der Waals surface area contributed by atoms with Crippen molar-refractivity contribution in [3.8, 4) is 0 Å². The number of hydrogen-bond acceptors (Lipinski definition) is 2. The summed E-state index contributed by atoms with van der Waals surface area (Å²) in [5, 5.41) is 0. The number of rotatable bonds is 2. The fourth-order valence-corrected chi connectivity index (χ4v) is 1.01. The molecule has 0 amide bonds. The van der Waals surface area contributed by atoms with Gasteiger partial charge in [-0.05, 0) is 6.92 Å². The Labute approximate surface area is 72.9 Å². The minimum Gasteiger partial charge on any atom is -0.366 e. The predicted molar refractivity (Wildman–Crippen MR) is 39.1 cm³/mol. The lowest BCUT2D eigenvalue weighted by atomic mass is 10.2. The number of aromatic nitrogens is 2. The zero-order valence-corrected chi connectivity index (χ0v) is 7.14. The third kappa shape index (κ3) is 2.21. The standard InChI is InChI=1S/C7H9F3N2O/c1-4-11-3-5(12-4)6(13-2)7(8,9)10/h3,6H,1-2H3,(H,11,12). The number of ether oxygens (including phenoxy) is 1. The molecule has 0 radical (unpaired) electrons. The molecule has 0 aliphatic carbocycles. The van der Waals surface area contributed by atoms with Gasteiger partial charge in [0.15, 0.2) is 6.10 Å². The Hall–Kier alpha value is -1.04. The summed E-state index contributed by atoms with van der Waals surface area (Å²) in [6, 6.07) is 0. The number of imidazole rings is 1. The molecule has 1 aromatic rings. The van der Waals surface area contributed by atoms with Gasteiger partial charge in [-0.3, -0.25) is 0 Å². The molecule has 0 saturated heterocycles. The van der Waals surface area contributed by atoms with Gasteiger partial charge in [0, 0.05) is 7.11 Å². The summed E-state index contributed by atoms with van der Waals surface area (Å²) in [6.45, 7) is 1.58. The Morgan fingerprint density at radius 2 is 2.15 bits per heavy atom. The lowest BCUT2D eigenvalue weighted by Crippen LogP contribution is -2.22. The maximum atomic E-state index is 12.2. The van der Waals surface area contributed by atoms with Crippen LogP contribution in [0.4, 0.5) is 13.2 Å². The molecule has 6 heteroatoms. The highest BCUT2D eigenvalue weighted by atomic mass is 19.4. The zero-order valence-electron chi connectivity index (χ0n) is 7.14. The van der Waals surface area contributed by atoms with E-state index in [1.807, 2.05) is 0 Å². The van der Waals surface area contributed by atoms with Crippen LogP contribution in [0.5, 0.6) is 0 Å². The smallest absolute Gasteiger partial charge is 0.366 e. The van der Waals surface area contributed by atoms with Gasteiger partial charge in [-0.2, -0.15) is 13.2 Å². The first kappa shape index (κ1) is 10.0. The molecule has 1 heterocycles. The average molecular weight is 194 g/mol. The summed E-state index contributed by atoms with van der Waals surface area (Å²) in [5.41, 5.74) is -0.0764. The lowest BCUT2D eigenvalue weighted by molar-refractivity contribution is -0.217. The number of halogens is 3. The van der Waals surface area contributed by atoms with Gasteiger partial charge in [-0.15, -0.1) is 0 Å². The van der Waals surface area contributed by atoms with Gasteiger partial charge in [-0.25, -0.2) is 4.98 Å². The Morgan fingerprint density at radius 1 is 1.54 bits per heavy atom. The highest BCUT2D eigenvalue weighted by molar-refractivity contribution is 5.06. The highest BCUT2D eigenvalue weighted by Crippen LogP contribution is 2.34. The third-order valence-electron chi connectivity index (χ3n) is 1.54. The number of methoxy groups -OCH3 is 1. The molecule has 3 nitrogen and oxygen atoms in total. The number of nitrogens with zero attached hydrogens (tertiary/aromatic N) is 1. The maximum absolute atomic E-state index is 12.2. The molecule has 13 heavy (non-hydrogen) atoms. The summed E-state index contributed by atoms with van der Waals surface area (Å²) >= 11 is 0. The van der Waals surface area contributed by atoms with Crippen molar-refractivity contribution in [1.82, 2.24) is 9.97 Å². The van der Waals surface area contributed by atoms with Crippen molar-refractivity contribution in [1.29, 1.82) is 0 Å². The predicted octanol–water partition coefficient (Wildman–Crippen LogP) is 1.97. The van der Waals surface area contributed by atoms with Gasteiger partial charge in [0.2, 0.25) is 0 Å². The van der Waals surface area contributed by atoms with E-state index in [0.717, 1.165) is 13.3 Å². The molecule has 1 N–H and O–H groups in total. The van der Waals surface area contributed by atoms with E-state index < -0.39 is 12.3 Å². The molecule has 1 aromatic heterocycles. The number of H-pyrrole nitrogens is 1. The molecule has 1 atom stereocenters. The molecule has 0 aromatic carbocycles. The minimum atomic E-state index is -4.41. The number of alkyl halides is 3. The first-order chi connectivity index (χ1) is 5.95. The number of nitrogens with one attached hydrogen (secondary N) is 1. The highest BCUT2D eigenvalue weighted by Gasteiger charge is 2.42. The molecule has 1 rings (SSSR count). The normalized spacial score (nSPS) is 14.5. The van der Waals surface area contributed by atoms with Crippen LogP contribution < -0.4 is 0 Å². The molecule has 1 unspecified atom stereocenters. The van der Waals surface area contributed by atoms with E-state index in [-0.39, 0.29) is 5.69 Å². The molecule has 0 aliphatic heterocycles. The van der Waals surface area contributed by atoms with Crippen molar-refractivity contribution in [3.63, 3.8) is 0 Å². The summed E-state index contributed by atoms with van der Waals surface area (Å²) in [7, 11) is 1.01. The molecule has 0 aliphatic rings. The Morgan fingerprint density at radius 3 is 2.46 bits per heavy atom. The van der Waals surface area contributed by atoms with Gasteiger partial charge in [-0.1, -0.05) is 0 Å². The van der Waals surface area contributed by atoms with Crippen LogP contribution in [0.1, 0.15) is 17.6 Å². The first-order valence-corrected chi connectivity index (χ1v) is 3.56. The molecule has 0 fully saturated rings. The van der Waals surface area contributed by atoms with Crippen LogP contribution >= 0.6 is 0 Å². The molecule has 0 spiro atoms.